The monoisotopic (exact) mass is 449 g/mol. The zero-order chi connectivity index (χ0) is 22.8. The highest BCUT2D eigenvalue weighted by Gasteiger charge is 2.24. The van der Waals surface area contributed by atoms with Crippen LogP contribution in [0.5, 0.6) is 5.75 Å². The van der Waals surface area contributed by atoms with E-state index in [9.17, 15) is 14.9 Å². The Kier molecular flexibility index (Phi) is 5.60. The van der Waals surface area contributed by atoms with E-state index >= 15 is 0 Å². The molecule has 11 nitrogen and oxygen atoms in total. The number of nitriles is 2. The highest BCUT2D eigenvalue weighted by atomic mass is 19.1. The zero-order valence-corrected chi connectivity index (χ0v) is 17.5. The van der Waals surface area contributed by atoms with Crippen LogP contribution in [-0.2, 0) is 4.74 Å². The van der Waals surface area contributed by atoms with E-state index in [1.165, 1.54) is 16.8 Å². The molecule has 3 N–H and O–H groups in total. The third-order valence-electron chi connectivity index (χ3n) is 5.27. The second-order valence-electron chi connectivity index (χ2n) is 7.80. The minimum Gasteiger partial charge on any atom is -0.490 e. The SMILES string of the molecule is N#Cc1cc(Nc2nc(NC3CC3)c3ncc(C#N)n3n2)c(OC[C@@H]2COCCN2)cc1F. The van der Waals surface area contributed by atoms with Gasteiger partial charge in [-0.15, -0.1) is 5.10 Å². The molecular weight excluding hydrogens is 429 g/mol. The molecule has 1 aliphatic carbocycles. The van der Waals surface area contributed by atoms with Crippen molar-refractivity contribution in [1.29, 1.82) is 10.5 Å². The zero-order valence-electron chi connectivity index (χ0n) is 17.5. The lowest BCUT2D eigenvalue weighted by molar-refractivity contribution is 0.0593. The van der Waals surface area contributed by atoms with Gasteiger partial charge in [-0.2, -0.15) is 20.0 Å². The number of hydrogen-bond acceptors (Lipinski definition) is 10. The maximum absolute atomic E-state index is 14.4. The fourth-order valence-electron chi connectivity index (χ4n) is 3.42. The predicted molar refractivity (Wildman–Crippen MR) is 115 cm³/mol. The first kappa shape index (κ1) is 20.9. The third kappa shape index (κ3) is 4.48. The van der Waals surface area contributed by atoms with Crippen molar-refractivity contribution in [2.75, 3.05) is 37.0 Å². The van der Waals surface area contributed by atoms with Crippen LogP contribution in [-0.4, -0.2) is 58.0 Å². The molecule has 1 saturated heterocycles. The van der Waals surface area contributed by atoms with Crippen LogP contribution in [0.4, 0.5) is 21.8 Å². The normalized spacial score (nSPS) is 17.8. The fraction of sp³-hybridized carbons (Fsp3) is 0.381. The molecule has 2 aliphatic rings. The van der Waals surface area contributed by atoms with E-state index in [4.69, 9.17) is 9.47 Å². The molecule has 1 aliphatic heterocycles. The van der Waals surface area contributed by atoms with Gasteiger partial charge in [0.05, 0.1) is 36.7 Å². The van der Waals surface area contributed by atoms with Gasteiger partial charge >= 0.3 is 0 Å². The topological polar surface area (TPSA) is 145 Å². The van der Waals surface area contributed by atoms with Gasteiger partial charge in [-0.1, -0.05) is 0 Å². The first-order chi connectivity index (χ1) is 16.1. The lowest BCUT2D eigenvalue weighted by Gasteiger charge is -2.24. The summed E-state index contributed by atoms with van der Waals surface area (Å²) >= 11 is 0. The second kappa shape index (κ2) is 8.86. The van der Waals surface area contributed by atoms with Crippen LogP contribution in [0.2, 0.25) is 0 Å². The molecule has 1 atom stereocenters. The molecule has 0 bridgehead atoms. The Balaban J connectivity index is 1.48. The number of anilines is 3. The Hall–Kier alpha value is -4.00. The van der Waals surface area contributed by atoms with Crippen molar-refractivity contribution in [2.45, 2.75) is 24.9 Å². The van der Waals surface area contributed by atoms with Crippen LogP contribution < -0.4 is 20.7 Å². The molecule has 33 heavy (non-hydrogen) atoms. The van der Waals surface area contributed by atoms with E-state index in [-0.39, 0.29) is 35.6 Å². The maximum atomic E-state index is 14.4. The molecule has 1 saturated carbocycles. The molecule has 2 fully saturated rings. The van der Waals surface area contributed by atoms with E-state index in [2.05, 4.69) is 31.0 Å². The van der Waals surface area contributed by atoms with E-state index < -0.39 is 5.82 Å². The van der Waals surface area contributed by atoms with Crippen molar-refractivity contribution in [3.05, 3.63) is 35.4 Å². The highest BCUT2D eigenvalue weighted by molar-refractivity contribution is 5.69. The van der Waals surface area contributed by atoms with Crippen molar-refractivity contribution >= 4 is 23.1 Å². The summed E-state index contributed by atoms with van der Waals surface area (Å²) in [7, 11) is 0. The van der Waals surface area contributed by atoms with Crippen LogP contribution in [0.1, 0.15) is 24.1 Å². The molecule has 0 unspecified atom stereocenters. The van der Waals surface area contributed by atoms with Crippen molar-refractivity contribution in [1.82, 2.24) is 24.9 Å². The Labute approximate surface area is 188 Å². The van der Waals surface area contributed by atoms with Gasteiger partial charge in [0.25, 0.3) is 0 Å². The summed E-state index contributed by atoms with van der Waals surface area (Å²) in [6.45, 7) is 2.06. The smallest absolute Gasteiger partial charge is 0.247 e. The number of nitrogens with one attached hydrogen (secondary N) is 3. The molecule has 12 heteroatoms. The maximum Gasteiger partial charge on any atom is 0.247 e. The molecule has 0 spiro atoms. The van der Waals surface area contributed by atoms with Gasteiger partial charge in [0.2, 0.25) is 5.95 Å². The third-order valence-corrected chi connectivity index (χ3v) is 5.27. The Morgan fingerprint density at radius 1 is 1.30 bits per heavy atom. The first-order valence-corrected chi connectivity index (χ1v) is 10.5. The van der Waals surface area contributed by atoms with Crippen molar-refractivity contribution < 1.29 is 13.9 Å². The number of morpholine rings is 1. The molecule has 3 aromatic rings. The predicted octanol–water partition coefficient (Wildman–Crippen LogP) is 1.69. The number of ether oxygens (including phenoxy) is 2. The Bertz CT molecular complexity index is 1270. The first-order valence-electron chi connectivity index (χ1n) is 10.5. The largest absolute Gasteiger partial charge is 0.490 e. The molecule has 168 valence electrons. The molecule has 3 heterocycles. The van der Waals surface area contributed by atoms with Crippen molar-refractivity contribution in [2.24, 2.45) is 0 Å². The summed E-state index contributed by atoms with van der Waals surface area (Å²) in [6, 6.07) is 6.62. The van der Waals surface area contributed by atoms with Crippen molar-refractivity contribution in [3.63, 3.8) is 0 Å². The Morgan fingerprint density at radius 2 is 2.18 bits per heavy atom. The van der Waals surface area contributed by atoms with E-state index in [0.717, 1.165) is 18.9 Å². The quantitative estimate of drug-likeness (QED) is 0.487. The fourth-order valence-corrected chi connectivity index (χ4v) is 3.42. The standard InChI is InChI=1S/C21H20FN9O2/c22-16-6-18(33-11-14-10-32-4-3-25-14)17(5-12(16)7-23)28-21-29-19(27-13-1-2-13)20-26-9-15(8-24)31(20)30-21/h5-6,9,13-14,25H,1-4,10-11H2,(H2,27,28,29,30)/t14-/m0/s1. The number of aromatic nitrogens is 4. The molecule has 1 aromatic carbocycles. The van der Waals surface area contributed by atoms with E-state index in [1.807, 2.05) is 12.1 Å². The average Bonchev–Trinajstić information content (AvgIpc) is 3.55. The minimum atomic E-state index is -0.695. The summed E-state index contributed by atoms with van der Waals surface area (Å²) in [5.74, 6) is 0.120. The second-order valence-corrected chi connectivity index (χ2v) is 7.80. The minimum absolute atomic E-state index is 0.0450. The van der Waals surface area contributed by atoms with Crippen LogP contribution in [0.25, 0.3) is 5.65 Å². The lowest BCUT2D eigenvalue weighted by atomic mass is 10.2. The number of fused-ring (bicyclic) bond motifs is 1. The van der Waals surface area contributed by atoms with Gasteiger partial charge in [0, 0.05) is 18.7 Å². The van der Waals surface area contributed by atoms with E-state index in [0.29, 0.717) is 43.0 Å². The lowest BCUT2D eigenvalue weighted by Crippen LogP contribution is -2.44. The molecule has 5 rings (SSSR count). The van der Waals surface area contributed by atoms with Gasteiger partial charge < -0.3 is 25.4 Å². The van der Waals surface area contributed by atoms with E-state index in [1.54, 1.807) is 0 Å². The summed E-state index contributed by atoms with van der Waals surface area (Å²) < 4.78 is 27.0. The van der Waals surface area contributed by atoms with Gasteiger partial charge in [-0.3, -0.25) is 0 Å². The number of imidazole rings is 1. The molecule has 2 aromatic heterocycles. The molecular formula is C21H20FN9O2. The summed E-state index contributed by atoms with van der Waals surface area (Å²) in [6.07, 6.45) is 3.46. The number of benzene rings is 1. The van der Waals surface area contributed by atoms with Gasteiger partial charge in [-0.05, 0) is 18.9 Å². The molecule has 0 radical (unpaired) electrons. The van der Waals surface area contributed by atoms with Crippen LogP contribution in [0.3, 0.4) is 0 Å². The van der Waals surface area contributed by atoms with Gasteiger partial charge in [-0.25, -0.2) is 9.37 Å². The number of hydrogen-bond donors (Lipinski definition) is 3. The average molecular weight is 449 g/mol. The van der Waals surface area contributed by atoms with Crippen LogP contribution in [0, 0.1) is 28.5 Å². The summed E-state index contributed by atoms with van der Waals surface area (Å²) in [4.78, 5) is 8.75. The van der Waals surface area contributed by atoms with Crippen molar-refractivity contribution in [3.8, 4) is 17.9 Å². The van der Waals surface area contributed by atoms with Gasteiger partial charge in [0.15, 0.2) is 17.2 Å². The summed E-state index contributed by atoms with van der Waals surface area (Å²) in [5.41, 5.74) is 0.841. The number of halogens is 1. The van der Waals surface area contributed by atoms with Gasteiger partial charge in [0.1, 0.15) is 30.3 Å². The number of nitrogens with zero attached hydrogens (tertiary/aromatic N) is 6. The number of rotatable bonds is 7. The van der Waals surface area contributed by atoms with Crippen LogP contribution >= 0.6 is 0 Å². The molecule has 0 amide bonds. The van der Waals surface area contributed by atoms with Crippen LogP contribution in [0.15, 0.2) is 18.3 Å². The summed E-state index contributed by atoms with van der Waals surface area (Å²) in [5, 5.41) is 32.6. The Morgan fingerprint density at radius 3 is 2.91 bits per heavy atom. The highest BCUT2D eigenvalue weighted by Crippen LogP contribution is 2.31.